The molecule has 2 heterocycles. The van der Waals surface area contributed by atoms with E-state index in [0.29, 0.717) is 22.9 Å². The molecule has 39 heavy (non-hydrogen) atoms. The largest absolute Gasteiger partial charge is 0.507 e. The monoisotopic (exact) mass is 552 g/mol. The van der Waals surface area contributed by atoms with Crippen LogP contribution in [0.5, 0.6) is 17.2 Å². The summed E-state index contributed by atoms with van der Waals surface area (Å²) in [5, 5.41) is 18.5. The van der Waals surface area contributed by atoms with Gasteiger partial charge in [0.25, 0.3) is 0 Å². The second-order valence-corrected chi connectivity index (χ2v) is 9.48. The van der Waals surface area contributed by atoms with Crippen LogP contribution >= 0.6 is 11.6 Å². The van der Waals surface area contributed by atoms with Gasteiger partial charge in [-0.3, -0.25) is 19.7 Å². The standard InChI is InChI=1S/C27H25ClN4O7/c1-13-8-17(33)16(11-29-15-7-5-6-14(9-15)26-30-20(12-36-2)31-32-26)24(34)27(13)25(35)21-18(37-3)10-19(38-4)22(28)23(21)39-27/h5-7,9-11,13,34H,8,12H2,1-4H3,(H,30,31,32)/t13-,27+/m1/s1. The molecule has 0 saturated carbocycles. The van der Waals surface area contributed by atoms with Gasteiger partial charge in [-0.15, -0.1) is 0 Å². The summed E-state index contributed by atoms with van der Waals surface area (Å²) in [6, 6.07) is 8.49. The van der Waals surface area contributed by atoms with Crippen LogP contribution in [-0.2, 0) is 16.1 Å². The van der Waals surface area contributed by atoms with E-state index in [9.17, 15) is 14.7 Å². The van der Waals surface area contributed by atoms with Crippen molar-refractivity contribution in [2.75, 3.05) is 21.3 Å². The molecule has 0 saturated heterocycles. The number of H-pyrrole nitrogens is 1. The predicted molar refractivity (Wildman–Crippen MR) is 141 cm³/mol. The maximum atomic E-state index is 13.8. The second-order valence-electron chi connectivity index (χ2n) is 9.10. The van der Waals surface area contributed by atoms with Gasteiger partial charge in [0, 0.05) is 37.3 Å². The van der Waals surface area contributed by atoms with Crippen molar-refractivity contribution in [1.82, 2.24) is 15.2 Å². The lowest BCUT2D eigenvalue weighted by Gasteiger charge is -2.36. The summed E-state index contributed by atoms with van der Waals surface area (Å²) in [5.74, 6) is -0.736. The Labute approximate surface area is 228 Å². The molecule has 12 heteroatoms. The first-order valence-corrected chi connectivity index (χ1v) is 12.3. The van der Waals surface area contributed by atoms with Crippen LogP contribution in [0, 0.1) is 5.92 Å². The molecule has 2 aromatic carbocycles. The number of nitrogens with zero attached hydrogens (tertiary/aromatic N) is 3. The summed E-state index contributed by atoms with van der Waals surface area (Å²) >= 11 is 6.47. The topological polar surface area (TPSA) is 145 Å². The number of carbonyl (C=O) groups excluding carboxylic acids is 2. The zero-order chi connectivity index (χ0) is 27.9. The highest BCUT2D eigenvalue weighted by atomic mass is 35.5. The molecule has 0 bridgehead atoms. The number of hydrogen-bond donors (Lipinski definition) is 2. The molecule has 0 fully saturated rings. The number of aromatic nitrogens is 3. The van der Waals surface area contributed by atoms with Crippen LogP contribution in [0.3, 0.4) is 0 Å². The van der Waals surface area contributed by atoms with E-state index >= 15 is 0 Å². The van der Waals surface area contributed by atoms with Crippen molar-refractivity contribution >= 4 is 35.1 Å². The van der Waals surface area contributed by atoms with Crippen molar-refractivity contribution in [1.29, 1.82) is 0 Å². The lowest BCUT2D eigenvalue weighted by molar-refractivity contribution is -0.118. The van der Waals surface area contributed by atoms with Gasteiger partial charge in [-0.25, -0.2) is 4.98 Å². The van der Waals surface area contributed by atoms with Gasteiger partial charge in [0.15, 0.2) is 28.9 Å². The van der Waals surface area contributed by atoms with Gasteiger partial charge >= 0.3 is 0 Å². The molecule has 202 valence electrons. The summed E-state index contributed by atoms with van der Waals surface area (Å²) < 4.78 is 21.9. The molecule has 1 aliphatic carbocycles. The minimum absolute atomic E-state index is 0.0222. The van der Waals surface area contributed by atoms with Gasteiger partial charge in [-0.2, -0.15) is 5.10 Å². The Bertz CT molecular complexity index is 1550. The molecule has 2 N–H and O–H groups in total. The number of aliphatic hydroxyl groups excluding tert-OH is 1. The Balaban J connectivity index is 1.53. The highest BCUT2D eigenvalue weighted by Crippen LogP contribution is 2.54. The normalized spacial score (nSPS) is 20.6. The number of ketones is 2. The molecular weight excluding hydrogens is 528 g/mol. The SMILES string of the molecule is COCc1nc(-c2cccc(N=CC3=C(O)[C@@]4(Oc5c(Cl)c(OC)cc(OC)c5C4=O)[C@H](C)CC3=O)c2)n[nH]1. The van der Waals surface area contributed by atoms with Crippen molar-refractivity contribution < 1.29 is 33.6 Å². The fourth-order valence-electron chi connectivity index (χ4n) is 4.80. The van der Waals surface area contributed by atoms with Gasteiger partial charge in [-0.1, -0.05) is 30.7 Å². The molecule has 0 unspecified atom stereocenters. The third kappa shape index (κ3) is 4.23. The van der Waals surface area contributed by atoms with Gasteiger partial charge in [0.2, 0.25) is 11.4 Å². The number of nitrogens with one attached hydrogen (secondary N) is 1. The molecule has 0 radical (unpaired) electrons. The van der Waals surface area contributed by atoms with E-state index in [1.807, 2.05) is 6.07 Å². The predicted octanol–water partition coefficient (Wildman–Crippen LogP) is 4.43. The number of fused-ring (bicyclic) bond motifs is 1. The van der Waals surface area contributed by atoms with E-state index in [2.05, 4.69) is 20.2 Å². The first kappa shape index (κ1) is 26.4. The van der Waals surface area contributed by atoms with E-state index in [0.717, 1.165) is 0 Å². The maximum absolute atomic E-state index is 13.8. The summed E-state index contributed by atoms with van der Waals surface area (Å²) in [4.78, 5) is 35.6. The molecule has 5 rings (SSSR count). The molecule has 1 aliphatic heterocycles. The number of methoxy groups -OCH3 is 3. The molecule has 1 aromatic heterocycles. The fourth-order valence-corrected chi connectivity index (χ4v) is 5.07. The van der Waals surface area contributed by atoms with Crippen molar-refractivity contribution in [3.05, 3.63) is 58.1 Å². The van der Waals surface area contributed by atoms with E-state index in [1.165, 1.54) is 26.5 Å². The summed E-state index contributed by atoms with van der Waals surface area (Å²) in [7, 11) is 4.38. The highest BCUT2D eigenvalue weighted by Gasteiger charge is 2.60. The number of aliphatic imine (C=N–C) groups is 1. The van der Waals surface area contributed by atoms with Crippen LogP contribution in [0.1, 0.15) is 29.5 Å². The smallest absolute Gasteiger partial charge is 0.231 e. The Kier molecular flexibility index (Phi) is 6.87. The summed E-state index contributed by atoms with van der Waals surface area (Å²) in [6.45, 7) is 1.94. The number of hydrogen-bond acceptors (Lipinski definition) is 10. The van der Waals surface area contributed by atoms with Crippen LogP contribution in [0.25, 0.3) is 11.4 Å². The Morgan fingerprint density at radius 1 is 1.23 bits per heavy atom. The van der Waals surface area contributed by atoms with Crippen molar-refractivity contribution in [2.24, 2.45) is 10.9 Å². The number of allylic oxidation sites excluding steroid dienone is 1. The summed E-state index contributed by atoms with van der Waals surface area (Å²) in [5.41, 5.74) is -0.787. The van der Waals surface area contributed by atoms with Crippen molar-refractivity contribution in [3.8, 4) is 28.6 Å². The maximum Gasteiger partial charge on any atom is 0.231 e. The van der Waals surface area contributed by atoms with Crippen LogP contribution in [-0.4, -0.2) is 65.0 Å². The number of aromatic amines is 1. The minimum atomic E-state index is -1.88. The van der Waals surface area contributed by atoms with Crippen LogP contribution in [0.15, 0.2) is 46.7 Å². The number of halogens is 1. The quantitative estimate of drug-likeness (QED) is 0.406. The van der Waals surface area contributed by atoms with Gasteiger partial charge in [-0.05, 0) is 12.1 Å². The fraction of sp³-hybridized carbons (Fsp3) is 0.296. The molecule has 1 spiro atoms. The second kappa shape index (κ2) is 10.2. The lowest BCUT2D eigenvalue weighted by Crippen LogP contribution is -2.52. The van der Waals surface area contributed by atoms with E-state index in [-0.39, 0.29) is 52.2 Å². The first-order chi connectivity index (χ1) is 18.7. The van der Waals surface area contributed by atoms with Gasteiger partial charge < -0.3 is 24.1 Å². The van der Waals surface area contributed by atoms with Gasteiger partial charge in [0.1, 0.15) is 28.7 Å². The van der Waals surface area contributed by atoms with E-state index in [4.69, 9.17) is 30.5 Å². The Morgan fingerprint density at radius 2 is 2.00 bits per heavy atom. The first-order valence-electron chi connectivity index (χ1n) is 11.9. The zero-order valence-electron chi connectivity index (χ0n) is 21.6. The molecule has 11 nitrogen and oxygen atoms in total. The van der Waals surface area contributed by atoms with Gasteiger partial charge in [0.05, 0.1) is 25.5 Å². The van der Waals surface area contributed by atoms with E-state index in [1.54, 1.807) is 32.2 Å². The molecule has 3 aromatic rings. The molecule has 2 aliphatic rings. The number of Topliss-reactive ketones (excluding diaryl/α,β-unsaturated/α-hetero) is 2. The van der Waals surface area contributed by atoms with Crippen molar-refractivity contribution in [2.45, 2.75) is 25.6 Å². The third-order valence-corrected chi connectivity index (χ3v) is 7.13. The average Bonchev–Trinajstić information content (AvgIpc) is 3.52. The minimum Gasteiger partial charge on any atom is -0.507 e. The average molecular weight is 553 g/mol. The number of benzene rings is 2. The number of ether oxygens (including phenoxy) is 4. The van der Waals surface area contributed by atoms with Crippen LogP contribution in [0.2, 0.25) is 5.02 Å². The molecule has 0 amide bonds. The summed E-state index contributed by atoms with van der Waals surface area (Å²) in [6.07, 6.45) is 1.17. The number of rotatable bonds is 7. The molecular formula is C27H25ClN4O7. The number of carbonyl (C=O) groups is 2. The highest BCUT2D eigenvalue weighted by molar-refractivity contribution is 6.35. The van der Waals surface area contributed by atoms with Crippen LogP contribution < -0.4 is 14.2 Å². The molecule has 2 atom stereocenters. The Hall–Kier alpha value is -4.22. The Morgan fingerprint density at radius 3 is 2.72 bits per heavy atom. The van der Waals surface area contributed by atoms with Crippen molar-refractivity contribution in [3.63, 3.8) is 0 Å². The van der Waals surface area contributed by atoms with Crippen LogP contribution in [0.4, 0.5) is 5.69 Å². The lowest BCUT2D eigenvalue weighted by atomic mass is 9.73. The third-order valence-electron chi connectivity index (χ3n) is 6.77. The van der Waals surface area contributed by atoms with E-state index < -0.39 is 23.1 Å². The zero-order valence-corrected chi connectivity index (χ0v) is 22.3. The number of aliphatic hydroxyl groups is 1.